The molecule has 5 atom stereocenters. The lowest BCUT2D eigenvalue weighted by Crippen LogP contribution is -2.46. The lowest BCUT2D eigenvalue weighted by Gasteiger charge is -2.32. The number of carbonyl (C=O) groups excluding carboxylic acids is 2. The van der Waals surface area contributed by atoms with E-state index in [9.17, 15) is 24.3 Å². The highest BCUT2D eigenvalue weighted by atomic mass is 35.5. The van der Waals surface area contributed by atoms with Crippen LogP contribution in [0, 0.1) is 5.92 Å². The second-order valence-electron chi connectivity index (χ2n) is 13.8. The van der Waals surface area contributed by atoms with Crippen LogP contribution in [0.25, 0.3) is 16.5 Å². The number of hydrogen-bond acceptors (Lipinski definition) is 7. The van der Waals surface area contributed by atoms with Crippen LogP contribution in [0.5, 0.6) is 0 Å². The zero-order valence-electron chi connectivity index (χ0n) is 27.2. The van der Waals surface area contributed by atoms with Crippen molar-refractivity contribution in [3.63, 3.8) is 0 Å². The molecule has 3 aliphatic heterocycles. The van der Waals surface area contributed by atoms with Gasteiger partial charge in [0.15, 0.2) is 13.9 Å². The van der Waals surface area contributed by atoms with Gasteiger partial charge in [-0.3, -0.25) is 14.4 Å². The van der Waals surface area contributed by atoms with Gasteiger partial charge in [-0.15, -0.1) is 0 Å². The minimum absolute atomic E-state index is 0.00296. The smallest absolute Gasteiger partial charge is 0.279 e. The first kappa shape index (κ1) is 32.7. The van der Waals surface area contributed by atoms with Crippen LogP contribution in [0.2, 0.25) is 23.7 Å². The molecule has 2 amide bonds. The summed E-state index contributed by atoms with van der Waals surface area (Å²) >= 11 is 6.55. The van der Waals surface area contributed by atoms with Gasteiger partial charge in [-0.2, -0.15) is 9.78 Å². The van der Waals surface area contributed by atoms with Crippen LogP contribution in [0.15, 0.2) is 77.7 Å². The zero-order chi connectivity index (χ0) is 34.0. The van der Waals surface area contributed by atoms with Gasteiger partial charge in [-0.05, 0) is 67.9 Å². The molecule has 250 valence electrons. The summed E-state index contributed by atoms with van der Waals surface area (Å²) in [4.78, 5) is 56.7. The highest BCUT2D eigenvalue weighted by Crippen LogP contribution is 2.60. The number of carbonyl (C=O) groups is 2. The zero-order valence-corrected chi connectivity index (χ0v) is 28.9. The molecule has 4 heterocycles. The molecule has 2 fully saturated rings. The Bertz CT molecular complexity index is 1980. The Morgan fingerprint density at radius 2 is 1.90 bits per heavy atom. The molecule has 3 aromatic carbocycles. The molecule has 7 rings (SSSR count). The summed E-state index contributed by atoms with van der Waals surface area (Å²) in [5, 5.41) is 16.0. The van der Waals surface area contributed by atoms with E-state index < -0.39 is 31.5 Å². The van der Waals surface area contributed by atoms with Gasteiger partial charge in [0.2, 0.25) is 5.91 Å². The molecule has 0 saturated carbocycles. The fraction of sp³-hybridized carbons (Fsp3) is 0.389. The summed E-state index contributed by atoms with van der Waals surface area (Å²) in [5.74, 6) is -0.895. The van der Waals surface area contributed by atoms with E-state index in [0.717, 1.165) is 23.8 Å². The van der Waals surface area contributed by atoms with Gasteiger partial charge in [0.25, 0.3) is 11.5 Å². The van der Waals surface area contributed by atoms with Crippen LogP contribution in [0.1, 0.15) is 37.3 Å². The third kappa shape index (κ3) is 5.28. The number of benzene rings is 3. The Kier molecular flexibility index (Phi) is 8.32. The molecule has 0 unspecified atom stereocenters. The Balaban J connectivity index is 1.24. The maximum absolute atomic E-state index is 14.8. The molecule has 48 heavy (non-hydrogen) atoms. The van der Waals surface area contributed by atoms with Crippen molar-refractivity contribution in [3.05, 3.63) is 99.4 Å². The van der Waals surface area contributed by atoms with E-state index in [4.69, 9.17) is 16.3 Å². The average Bonchev–Trinajstić information content (AvgIpc) is 3.72. The van der Waals surface area contributed by atoms with Crippen LogP contribution in [0.4, 0.5) is 5.69 Å². The molecule has 0 radical (unpaired) electrons. The second-order valence-corrected chi connectivity index (χ2v) is 18.2. The summed E-state index contributed by atoms with van der Waals surface area (Å²) in [6, 6.07) is 19.7. The summed E-state index contributed by atoms with van der Waals surface area (Å²) < 4.78 is 8.19. The predicted molar refractivity (Wildman–Crippen MR) is 186 cm³/mol. The van der Waals surface area contributed by atoms with Crippen molar-refractivity contribution in [2.75, 3.05) is 18.1 Å². The van der Waals surface area contributed by atoms with Gasteiger partial charge in [-0.25, -0.2) is 0 Å². The molecule has 3 aliphatic rings. The van der Waals surface area contributed by atoms with Crippen molar-refractivity contribution >= 4 is 48.2 Å². The average molecular weight is 687 g/mol. The summed E-state index contributed by atoms with van der Waals surface area (Å²) in [5.41, 5.74) is 0.475. The number of fused-ring (bicyclic) bond motifs is 3. The number of rotatable bonds is 7. The Morgan fingerprint density at radius 3 is 2.67 bits per heavy atom. The van der Waals surface area contributed by atoms with E-state index in [2.05, 4.69) is 5.10 Å². The number of nitrogens with zero attached hydrogens (tertiary/aromatic N) is 4. The number of ether oxygens (including phenoxy) is 1. The molecular weight excluding hydrogens is 648 g/mol. The number of amides is 2. The Labute approximate surface area is 284 Å². The van der Waals surface area contributed by atoms with E-state index in [1.807, 2.05) is 62.5 Å². The molecule has 12 heteroatoms. The lowest BCUT2D eigenvalue weighted by molar-refractivity contribution is -0.150. The lowest BCUT2D eigenvalue weighted by atomic mass is 9.82. The summed E-state index contributed by atoms with van der Waals surface area (Å²) in [6.07, 6.45) is 2.52. The fourth-order valence-electron chi connectivity index (χ4n) is 8.29. The SMILES string of the molecule is C[C@H]1[C@H]([Si](C)(C)O)[C@@H](CC(=O)N2CCC[C@H]2CO)O[C@]12C(=O)N(Cc1cccc(-n3ncc4ccccc4c3=O)c1)c1ccc(Cl)cc12. The van der Waals surface area contributed by atoms with E-state index in [1.165, 1.54) is 4.68 Å². The monoisotopic (exact) mass is 686 g/mol. The Morgan fingerprint density at radius 1 is 1.10 bits per heavy atom. The van der Waals surface area contributed by atoms with Crippen LogP contribution in [-0.4, -0.2) is 70.0 Å². The molecular formula is C36H39ClN4O6Si. The van der Waals surface area contributed by atoms with Gasteiger partial charge in [-0.1, -0.05) is 48.9 Å². The third-order valence-electron chi connectivity index (χ3n) is 10.4. The topological polar surface area (TPSA) is 125 Å². The predicted octanol–water partition coefficient (Wildman–Crippen LogP) is 4.76. The van der Waals surface area contributed by atoms with Crippen molar-refractivity contribution in [1.29, 1.82) is 0 Å². The van der Waals surface area contributed by atoms with Gasteiger partial charge in [0.1, 0.15) is 0 Å². The van der Waals surface area contributed by atoms with Gasteiger partial charge in [0, 0.05) is 34.0 Å². The van der Waals surface area contributed by atoms with E-state index in [0.29, 0.717) is 33.9 Å². The van der Waals surface area contributed by atoms with Gasteiger partial charge in [0.05, 0.1) is 54.7 Å². The summed E-state index contributed by atoms with van der Waals surface area (Å²) in [6.45, 7) is 6.22. The third-order valence-corrected chi connectivity index (χ3v) is 13.2. The number of likely N-dealkylation sites (tertiary alicyclic amines) is 1. The molecule has 2 saturated heterocycles. The molecule has 1 aromatic heterocycles. The van der Waals surface area contributed by atoms with Crippen molar-refractivity contribution in [2.24, 2.45) is 5.92 Å². The minimum atomic E-state index is -2.99. The first-order chi connectivity index (χ1) is 22.9. The number of aromatic nitrogens is 2. The maximum Gasteiger partial charge on any atom is 0.279 e. The molecule has 10 nitrogen and oxygen atoms in total. The van der Waals surface area contributed by atoms with Gasteiger partial charge < -0.3 is 24.4 Å². The van der Waals surface area contributed by atoms with Gasteiger partial charge >= 0.3 is 0 Å². The Hall–Kier alpha value is -3.87. The molecule has 1 spiro atoms. The van der Waals surface area contributed by atoms with E-state index in [-0.39, 0.29) is 43.0 Å². The highest BCUT2D eigenvalue weighted by molar-refractivity contribution is 6.71. The standard InChI is InChI=1S/C36H39ClN4O6Si/c1-22-33(48(2,3)46)31(18-32(43)39-15-7-11-27(39)21-42)47-36(22)29-17-25(37)13-14-30(29)40(35(36)45)20-23-8-6-10-26(16-23)41-34(44)28-12-5-4-9-24(28)19-38-41/h4-6,8-10,12-14,16-17,19,22,27,31,33,42,46H,7,11,15,18,20-21H2,1-3H3/t22-,27-,31+,33-,36+/m0/s1. The van der Waals surface area contributed by atoms with Crippen molar-refractivity contribution in [2.45, 2.75) is 69.1 Å². The molecule has 4 aromatic rings. The normalized spacial score (nSPS) is 25.4. The number of aliphatic hydroxyl groups is 1. The molecule has 0 aliphatic carbocycles. The first-order valence-corrected chi connectivity index (χ1v) is 19.8. The van der Waals surface area contributed by atoms with Crippen LogP contribution >= 0.6 is 11.6 Å². The van der Waals surface area contributed by atoms with Crippen LogP contribution in [-0.2, 0) is 26.5 Å². The number of halogens is 1. The fourth-order valence-corrected chi connectivity index (χ4v) is 11.0. The maximum atomic E-state index is 14.8. The highest BCUT2D eigenvalue weighted by Gasteiger charge is 2.66. The number of aliphatic hydroxyl groups excluding tert-OH is 1. The number of anilines is 1. The minimum Gasteiger partial charge on any atom is -0.432 e. The quantitative estimate of drug-likeness (QED) is 0.269. The van der Waals surface area contributed by atoms with E-state index >= 15 is 0 Å². The van der Waals surface area contributed by atoms with Crippen LogP contribution < -0.4 is 10.5 Å². The second kappa shape index (κ2) is 12.2. The van der Waals surface area contributed by atoms with E-state index in [1.54, 1.807) is 40.3 Å². The van der Waals surface area contributed by atoms with Crippen molar-refractivity contribution < 1.29 is 24.2 Å². The summed E-state index contributed by atoms with van der Waals surface area (Å²) in [7, 11) is -2.99. The largest absolute Gasteiger partial charge is 0.432 e. The number of hydrogen-bond donors (Lipinski definition) is 2. The van der Waals surface area contributed by atoms with Crippen molar-refractivity contribution in [1.82, 2.24) is 14.7 Å². The molecule has 0 bridgehead atoms. The van der Waals surface area contributed by atoms with Crippen molar-refractivity contribution in [3.8, 4) is 5.69 Å². The first-order valence-electron chi connectivity index (χ1n) is 16.4. The molecule has 2 N–H and O–H groups in total. The van der Waals surface area contributed by atoms with Crippen LogP contribution in [0.3, 0.4) is 0 Å².